The van der Waals surface area contributed by atoms with Gasteiger partial charge >= 0.3 is 0 Å². The van der Waals surface area contributed by atoms with E-state index >= 15 is 0 Å². The van der Waals surface area contributed by atoms with Crippen molar-refractivity contribution < 1.29 is 5.11 Å². The molecule has 3 aromatic rings. The van der Waals surface area contributed by atoms with Crippen molar-refractivity contribution in [3.05, 3.63) is 60.2 Å². The monoisotopic (exact) mass is 284 g/mol. The zero-order chi connectivity index (χ0) is 13.8. The Balaban J connectivity index is 1.78. The number of thioether (sulfide) groups is 1. The third-order valence-electron chi connectivity index (χ3n) is 2.75. The van der Waals surface area contributed by atoms with Crippen LogP contribution in [-0.2, 0) is 5.75 Å². The summed E-state index contributed by atoms with van der Waals surface area (Å²) < 4.78 is 1.66. The first-order valence-electron chi connectivity index (χ1n) is 6.07. The Morgan fingerprint density at radius 3 is 2.50 bits per heavy atom. The number of hydrogen-bond donors (Lipinski definition) is 1. The SMILES string of the molecule is Oc1ccc(-n2nnnc2SCc2ccccc2)cc1. The number of benzene rings is 2. The van der Waals surface area contributed by atoms with Gasteiger partial charge in [-0.3, -0.25) is 0 Å². The fourth-order valence-corrected chi connectivity index (χ4v) is 2.59. The number of aromatic nitrogens is 4. The molecule has 0 atom stereocenters. The van der Waals surface area contributed by atoms with Crippen LogP contribution >= 0.6 is 11.8 Å². The number of rotatable bonds is 4. The van der Waals surface area contributed by atoms with E-state index in [9.17, 15) is 5.11 Å². The molecule has 100 valence electrons. The number of hydrogen-bond acceptors (Lipinski definition) is 5. The first-order chi connectivity index (χ1) is 9.83. The van der Waals surface area contributed by atoms with E-state index in [0.717, 1.165) is 16.6 Å². The summed E-state index contributed by atoms with van der Waals surface area (Å²) in [6.45, 7) is 0. The number of phenols is 1. The van der Waals surface area contributed by atoms with Crippen molar-refractivity contribution in [3.8, 4) is 11.4 Å². The van der Waals surface area contributed by atoms with E-state index in [0.29, 0.717) is 0 Å². The highest BCUT2D eigenvalue weighted by Crippen LogP contribution is 2.23. The third kappa shape index (κ3) is 2.80. The van der Waals surface area contributed by atoms with Crippen molar-refractivity contribution >= 4 is 11.8 Å². The van der Waals surface area contributed by atoms with Crippen molar-refractivity contribution in [2.24, 2.45) is 0 Å². The molecule has 0 aliphatic rings. The fourth-order valence-electron chi connectivity index (χ4n) is 1.75. The van der Waals surface area contributed by atoms with Crippen LogP contribution in [0.5, 0.6) is 5.75 Å². The second-order valence-electron chi connectivity index (χ2n) is 4.16. The maximum atomic E-state index is 9.31. The topological polar surface area (TPSA) is 63.8 Å². The van der Waals surface area contributed by atoms with Gasteiger partial charge in [0.05, 0.1) is 5.69 Å². The van der Waals surface area contributed by atoms with Crippen LogP contribution in [0.25, 0.3) is 5.69 Å². The van der Waals surface area contributed by atoms with Crippen LogP contribution in [0, 0.1) is 0 Å². The van der Waals surface area contributed by atoms with Crippen molar-refractivity contribution in [3.63, 3.8) is 0 Å². The van der Waals surface area contributed by atoms with Gasteiger partial charge in [-0.15, -0.1) is 5.10 Å². The molecule has 0 unspecified atom stereocenters. The minimum absolute atomic E-state index is 0.223. The summed E-state index contributed by atoms with van der Waals surface area (Å²) in [6.07, 6.45) is 0. The van der Waals surface area contributed by atoms with Crippen LogP contribution in [0.3, 0.4) is 0 Å². The van der Waals surface area contributed by atoms with E-state index in [1.165, 1.54) is 5.56 Å². The maximum absolute atomic E-state index is 9.31. The largest absolute Gasteiger partial charge is 0.508 e. The van der Waals surface area contributed by atoms with Crippen molar-refractivity contribution in [2.75, 3.05) is 0 Å². The number of nitrogens with zero attached hydrogens (tertiary/aromatic N) is 4. The van der Waals surface area contributed by atoms with Gasteiger partial charge in [0.25, 0.3) is 0 Å². The van der Waals surface area contributed by atoms with Gasteiger partial charge in [0.15, 0.2) is 0 Å². The van der Waals surface area contributed by atoms with Gasteiger partial charge < -0.3 is 5.11 Å². The number of phenolic OH excluding ortho intramolecular Hbond substituents is 1. The Labute approximate surface area is 120 Å². The minimum Gasteiger partial charge on any atom is -0.508 e. The molecular formula is C14H12N4OS. The molecule has 0 spiro atoms. The second-order valence-corrected chi connectivity index (χ2v) is 5.11. The molecule has 1 aromatic heterocycles. The van der Waals surface area contributed by atoms with Crippen LogP contribution in [0.2, 0.25) is 0 Å². The lowest BCUT2D eigenvalue weighted by molar-refractivity contribution is 0.475. The van der Waals surface area contributed by atoms with Crippen molar-refractivity contribution in [1.82, 2.24) is 20.2 Å². The van der Waals surface area contributed by atoms with E-state index in [4.69, 9.17) is 0 Å². The first kappa shape index (κ1) is 12.7. The summed E-state index contributed by atoms with van der Waals surface area (Å²) in [4.78, 5) is 0. The van der Waals surface area contributed by atoms with E-state index in [1.54, 1.807) is 40.7 Å². The molecule has 0 amide bonds. The zero-order valence-electron chi connectivity index (χ0n) is 10.5. The zero-order valence-corrected chi connectivity index (χ0v) is 11.4. The molecule has 0 saturated heterocycles. The Morgan fingerprint density at radius 2 is 1.75 bits per heavy atom. The van der Waals surface area contributed by atoms with Gasteiger partial charge in [-0.05, 0) is 40.3 Å². The quantitative estimate of drug-likeness (QED) is 0.746. The Kier molecular flexibility index (Phi) is 3.64. The molecule has 0 bridgehead atoms. The lowest BCUT2D eigenvalue weighted by atomic mass is 10.2. The Hall–Kier alpha value is -2.34. The van der Waals surface area contributed by atoms with Gasteiger partial charge in [0.2, 0.25) is 5.16 Å². The smallest absolute Gasteiger partial charge is 0.214 e. The summed E-state index contributed by atoms with van der Waals surface area (Å²) in [5, 5.41) is 21.8. The van der Waals surface area contributed by atoms with Gasteiger partial charge in [-0.1, -0.05) is 42.1 Å². The van der Waals surface area contributed by atoms with Crippen LogP contribution in [-0.4, -0.2) is 25.3 Å². The molecular weight excluding hydrogens is 272 g/mol. The summed E-state index contributed by atoms with van der Waals surface area (Å²) in [5.74, 6) is 1.03. The average molecular weight is 284 g/mol. The number of tetrazole rings is 1. The molecule has 1 heterocycles. The normalized spacial score (nSPS) is 10.6. The molecule has 0 saturated carbocycles. The Morgan fingerprint density at radius 1 is 1.00 bits per heavy atom. The first-order valence-corrected chi connectivity index (χ1v) is 7.06. The van der Waals surface area contributed by atoms with Crippen molar-refractivity contribution in [1.29, 1.82) is 0 Å². The summed E-state index contributed by atoms with van der Waals surface area (Å²) in [5.41, 5.74) is 2.04. The minimum atomic E-state index is 0.223. The highest BCUT2D eigenvalue weighted by Gasteiger charge is 2.09. The third-order valence-corrected chi connectivity index (χ3v) is 3.74. The molecule has 5 nitrogen and oxygen atoms in total. The van der Waals surface area contributed by atoms with Gasteiger partial charge in [-0.25, -0.2) is 0 Å². The predicted molar refractivity (Wildman–Crippen MR) is 76.8 cm³/mol. The fraction of sp³-hybridized carbons (Fsp3) is 0.0714. The van der Waals surface area contributed by atoms with E-state index < -0.39 is 0 Å². The average Bonchev–Trinajstić information content (AvgIpc) is 2.95. The molecule has 0 aliphatic carbocycles. The van der Waals surface area contributed by atoms with Gasteiger partial charge in [0, 0.05) is 5.75 Å². The van der Waals surface area contributed by atoms with Crippen LogP contribution in [0.15, 0.2) is 59.8 Å². The lowest BCUT2D eigenvalue weighted by Gasteiger charge is -2.04. The molecule has 0 aliphatic heterocycles. The maximum Gasteiger partial charge on any atom is 0.214 e. The molecule has 0 radical (unpaired) electrons. The molecule has 3 rings (SSSR count). The van der Waals surface area contributed by atoms with Gasteiger partial charge in [0.1, 0.15) is 5.75 Å². The van der Waals surface area contributed by atoms with Crippen LogP contribution in [0.1, 0.15) is 5.56 Å². The number of aromatic hydroxyl groups is 1. The van der Waals surface area contributed by atoms with E-state index in [-0.39, 0.29) is 5.75 Å². The van der Waals surface area contributed by atoms with E-state index in [1.807, 2.05) is 18.2 Å². The van der Waals surface area contributed by atoms with Crippen LogP contribution < -0.4 is 0 Å². The summed E-state index contributed by atoms with van der Waals surface area (Å²) >= 11 is 1.57. The Bertz CT molecular complexity index is 682. The molecule has 6 heteroatoms. The molecule has 2 aromatic carbocycles. The molecule has 20 heavy (non-hydrogen) atoms. The summed E-state index contributed by atoms with van der Waals surface area (Å²) in [6, 6.07) is 16.9. The standard InChI is InChI=1S/C14H12N4OS/c19-13-8-6-12(7-9-13)18-14(15-16-17-18)20-10-11-4-2-1-3-5-11/h1-9,19H,10H2. The summed E-state index contributed by atoms with van der Waals surface area (Å²) in [7, 11) is 0. The molecule has 0 fully saturated rings. The molecule has 1 N–H and O–H groups in total. The van der Waals surface area contributed by atoms with Crippen molar-refractivity contribution in [2.45, 2.75) is 10.9 Å². The second kappa shape index (κ2) is 5.75. The van der Waals surface area contributed by atoms with E-state index in [2.05, 4.69) is 27.7 Å². The predicted octanol–water partition coefficient (Wildman–Crippen LogP) is 2.66. The lowest BCUT2D eigenvalue weighted by Crippen LogP contribution is -1.98. The van der Waals surface area contributed by atoms with Gasteiger partial charge in [-0.2, -0.15) is 4.68 Å². The van der Waals surface area contributed by atoms with Crippen LogP contribution in [0.4, 0.5) is 0 Å². The highest BCUT2D eigenvalue weighted by atomic mass is 32.2. The highest BCUT2D eigenvalue weighted by molar-refractivity contribution is 7.98.